The van der Waals surface area contributed by atoms with Gasteiger partial charge >= 0.3 is 0 Å². The smallest absolute Gasteiger partial charge is 0.221 e. The highest BCUT2D eigenvalue weighted by molar-refractivity contribution is 7.14. The molecule has 2 aromatic heterocycles. The maximum atomic E-state index is 12.5. The van der Waals surface area contributed by atoms with Crippen molar-refractivity contribution in [1.82, 2.24) is 14.9 Å². The lowest BCUT2D eigenvalue weighted by Gasteiger charge is -2.19. The third-order valence-electron chi connectivity index (χ3n) is 4.15. The summed E-state index contributed by atoms with van der Waals surface area (Å²) in [5.74, 6) is 0.597. The van der Waals surface area contributed by atoms with Crippen LogP contribution in [0.1, 0.15) is 44.8 Å². The number of amides is 1. The molecule has 134 valence electrons. The van der Waals surface area contributed by atoms with Crippen molar-refractivity contribution in [2.75, 3.05) is 0 Å². The van der Waals surface area contributed by atoms with Crippen LogP contribution in [0.15, 0.2) is 54.9 Å². The lowest BCUT2D eigenvalue weighted by atomic mass is 10.1. The number of aryl methyl sites for hydroxylation is 2. The van der Waals surface area contributed by atoms with Crippen molar-refractivity contribution in [2.45, 2.75) is 25.8 Å². The van der Waals surface area contributed by atoms with E-state index in [1.807, 2.05) is 67.2 Å². The molecule has 1 unspecified atom stereocenters. The molecule has 1 amide bonds. The Labute approximate surface area is 156 Å². The van der Waals surface area contributed by atoms with Crippen molar-refractivity contribution in [3.05, 3.63) is 76.0 Å². The van der Waals surface area contributed by atoms with Crippen LogP contribution in [0.3, 0.4) is 0 Å². The van der Waals surface area contributed by atoms with E-state index in [0.717, 1.165) is 16.3 Å². The standard InChI is InChI=1S/C20H21N3O2S/c1-14-8-10-17(26-14)16(24)9-11-18(25)22-19(15-6-4-3-5-7-15)20-21-12-13-23(20)2/h3-8,10,12-13,19H,9,11H2,1-2H3,(H,22,25). The molecule has 0 saturated heterocycles. The van der Waals surface area contributed by atoms with Gasteiger partial charge in [0.25, 0.3) is 0 Å². The number of aromatic nitrogens is 2. The van der Waals surface area contributed by atoms with E-state index in [0.29, 0.717) is 4.88 Å². The minimum atomic E-state index is -0.345. The Morgan fingerprint density at radius 1 is 1.15 bits per heavy atom. The summed E-state index contributed by atoms with van der Waals surface area (Å²) in [6, 6.07) is 13.1. The first-order valence-electron chi connectivity index (χ1n) is 8.46. The number of Topliss-reactive ketones (excluding diaryl/α,β-unsaturated/α-hetero) is 1. The third-order valence-corrected chi connectivity index (χ3v) is 5.19. The molecule has 6 heteroatoms. The van der Waals surface area contributed by atoms with E-state index in [-0.39, 0.29) is 30.6 Å². The molecule has 0 aliphatic rings. The predicted molar refractivity (Wildman–Crippen MR) is 102 cm³/mol. The van der Waals surface area contributed by atoms with Crippen LogP contribution in [0.2, 0.25) is 0 Å². The second-order valence-electron chi connectivity index (χ2n) is 6.14. The maximum Gasteiger partial charge on any atom is 0.221 e. The normalized spacial score (nSPS) is 11.9. The summed E-state index contributed by atoms with van der Waals surface area (Å²) >= 11 is 1.46. The fourth-order valence-corrected chi connectivity index (χ4v) is 3.60. The van der Waals surface area contributed by atoms with Crippen molar-refractivity contribution in [3.8, 4) is 0 Å². The Bertz CT molecular complexity index is 899. The van der Waals surface area contributed by atoms with Crippen molar-refractivity contribution < 1.29 is 9.59 Å². The molecule has 1 atom stereocenters. The van der Waals surface area contributed by atoms with Crippen LogP contribution in [-0.4, -0.2) is 21.2 Å². The van der Waals surface area contributed by atoms with Gasteiger partial charge in [-0.3, -0.25) is 9.59 Å². The molecule has 0 bridgehead atoms. The molecule has 0 saturated carbocycles. The van der Waals surface area contributed by atoms with Gasteiger partial charge in [-0.05, 0) is 24.6 Å². The first kappa shape index (κ1) is 18.1. The summed E-state index contributed by atoms with van der Waals surface area (Å²) in [4.78, 5) is 30.9. The zero-order valence-corrected chi connectivity index (χ0v) is 15.6. The second-order valence-corrected chi connectivity index (χ2v) is 7.43. The van der Waals surface area contributed by atoms with E-state index in [2.05, 4.69) is 10.3 Å². The molecule has 3 rings (SSSR count). The number of carbonyl (C=O) groups excluding carboxylic acids is 2. The van der Waals surface area contributed by atoms with E-state index in [1.165, 1.54) is 11.3 Å². The number of hydrogen-bond donors (Lipinski definition) is 1. The number of nitrogens with zero attached hydrogens (tertiary/aromatic N) is 2. The van der Waals surface area contributed by atoms with Crippen LogP contribution in [-0.2, 0) is 11.8 Å². The van der Waals surface area contributed by atoms with Crippen molar-refractivity contribution >= 4 is 23.0 Å². The number of benzene rings is 1. The zero-order valence-electron chi connectivity index (χ0n) is 14.8. The summed E-state index contributed by atoms with van der Waals surface area (Å²) in [6.45, 7) is 1.96. The average Bonchev–Trinajstić information content (AvgIpc) is 3.27. The van der Waals surface area contributed by atoms with Gasteiger partial charge in [0, 0.05) is 37.2 Å². The number of imidazole rings is 1. The molecular formula is C20H21N3O2S. The topological polar surface area (TPSA) is 64.0 Å². The highest BCUT2D eigenvalue weighted by atomic mass is 32.1. The van der Waals surface area contributed by atoms with Gasteiger partial charge < -0.3 is 9.88 Å². The number of nitrogens with one attached hydrogen (secondary N) is 1. The fourth-order valence-electron chi connectivity index (χ4n) is 2.77. The molecule has 3 aromatic rings. The Kier molecular flexibility index (Phi) is 5.63. The Hall–Kier alpha value is -2.73. The Morgan fingerprint density at radius 3 is 2.54 bits per heavy atom. The maximum absolute atomic E-state index is 12.5. The van der Waals surface area contributed by atoms with Gasteiger partial charge in [-0.2, -0.15) is 0 Å². The summed E-state index contributed by atoms with van der Waals surface area (Å²) in [6.07, 6.45) is 3.91. The third kappa shape index (κ3) is 4.26. The number of thiophene rings is 1. The lowest BCUT2D eigenvalue weighted by molar-refractivity contribution is -0.121. The monoisotopic (exact) mass is 367 g/mol. The van der Waals surface area contributed by atoms with Crippen LogP contribution in [0, 0.1) is 6.92 Å². The first-order chi connectivity index (χ1) is 12.5. The summed E-state index contributed by atoms with van der Waals surface area (Å²) in [7, 11) is 1.90. The SMILES string of the molecule is Cc1ccc(C(=O)CCC(=O)NC(c2ccccc2)c2nccn2C)s1. The largest absolute Gasteiger partial charge is 0.342 e. The lowest BCUT2D eigenvalue weighted by Crippen LogP contribution is -2.31. The Balaban J connectivity index is 1.68. The van der Waals surface area contributed by atoms with Crippen LogP contribution >= 0.6 is 11.3 Å². The summed E-state index contributed by atoms with van der Waals surface area (Å²) in [5.41, 5.74) is 0.954. The number of hydrogen-bond acceptors (Lipinski definition) is 4. The molecule has 0 aliphatic heterocycles. The summed E-state index contributed by atoms with van der Waals surface area (Å²) < 4.78 is 1.89. The minimum Gasteiger partial charge on any atom is -0.342 e. The molecule has 2 heterocycles. The van der Waals surface area contributed by atoms with Crippen molar-refractivity contribution in [3.63, 3.8) is 0 Å². The quantitative estimate of drug-likeness (QED) is 0.648. The first-order valence-corrected chi connectivity index (χ1v) is 9.27. The van der Waals surface area contributed by atoms with E-state index >= 15 is 0 Å². The molecule has 0 radical (unpaired) electrons. The summed E-state index contributed by atoms with van der Waals surface area (Å²) in [5, 5.41) is 3.02. The van der Waals surface area contributed by atoms with Crippen LogP contribution in [0.25, 0.3) is 0 Å². The van der Waals surface area contributed by atoms with E-state index < -0.39 is 0 Å². The van der Waals surface area contributed by atoms with Crippen LogP contribution in [0.4, 0.5) is 0 Å². The van der Waals surface area contributed by atoms with Crippen LogP contribution in [0.5, 0.6) is 0 Å². The number of carbonyl (C=O) groups is 2. The van der Waals surface area contributed by atoms with Gasteiger partial charge in [0.1, 0.15) is 11.9 Å². The molecular weight excluding hydrogens is 346 g/mol. The van der Waals surface area contributed by atoms with Gasteiger partial charge in [0.05, 0.1) is 4.88 Å². The minimum absolute atomic E-state index is 0.00602. The van der Waals surface area contributed by atoms with Gasteiger partial charge in [-0.25, -0.2) is 4.98 Å². The van der Waals surface area contributed by atoms with E-state index in [9.17, 15) is 9.59 Å². The van der Waals surface area contributed by atoms with Gasteiger partial charge in [-0.15, -0.1) is 11.3 Å². The second kappa shape index (κ2) is 8.10. The highest BCUT2D eigenvalue weighted by Crippen LogP contribution is 2.21. The van der Waals surface area contributed by atoms with Gasteiger partial charge in [-0.1, -0.05) is 30.3 Å². The molecule has 0 spiro atoms. The molecule has 5 nitrogen and oxygen atoms in total. The van der Waals surface area contributed by atoms with Gasteiger partial charge in [0.15, 0.2) is 5.78 Å². The molecule has 26 heavy (non-hydrogen) atoms. The van der Waals surface area contributed by atoms with Gasteiger partial charge in [0.2, 0.25) is 5.91 Å². The van der Waals surface area contributed by atoms with Crippen molar-refractivity contribution in [1.29, 1.82) is 0 Å². The molecule has 0 aliphatic carbocycles. The van der Waals surface area contributed by atoms with Crippen LogP contribution < -0.4 is 5.32 Å². The number of ketones is 1. The zero-order chi connectivity index (χ0) is 18.5. The molecule has 1 N–H and O–H groups in total. The molecule has 1 aromatic carbocycles. The Morgan fingerprint density at radius 2 is 1.92 bits per heavy atom. The average molecular weight is 367 g/mol. The number of rotatable bonds is 7. The predicted octanol–water partition coefficient (Wildman–Crippen LogP) is 3.66. The fraction of sp³-hybridized carbons (Fsp3) is 0.250. The van der Waals surface area contributed by atoms with E-state index in [4.69, 9.17) is 0 Å². The molecule has 0 fully saturated rings. The van der Waals surface area contributed by atoms with Crippen molar-refractivity contribution in [2.24, 2.45) is 7.05 Å². The highest BCUT2D eigenvalue weighted by Gasteiger charge is 2.21. The van der Waals surface area contributed by atoms with E-state index in [1.54, 1.807) is 6.20 Å².